The van der Waals surface area contributed by atoms with E-state index in [1.807, 2.05) is 37.3 Å². The Morgan fingerprint density at radius 3 is 2.10 bits per heavy atom. The van der Waals surface area contributed by atoms with E-state index < -0.39 is 29.7 Å². The van der Waals surface area contributed by atoms with E-state index in [9.17, 15) is 23.2 Å². The number of nitriles is 1. The molecule has 1 aliphatic carbocycles. The quantitative estimate of drug-likeness (QED) is 0.607. The zero-order valence-electron chi connectivity index (χ0n) is 17.6. The highest BCUT2D eigenvalue weighted by Crippen LogP contribution is 2.36. The van der Waals surface area contributed by atoms with Crippen LogP contribution in [0.1, 0.15) is 49.8 Å². The van der Waals surface area contributed by atoms with Gasteiger partial charge in [-0.1, -0.05) is 67.4 Å². The minimum atomic E-state index is -4.58. The van der Waals surface area contributed by atoms with Crippen LogP contribution in [0.2, 0.25) is 0 Å². The fraction of sp³-hybridized carbons (Fsp3) is 0.417. The minimum absolute atomic E-state index is 0.0404. The van der Waals surface area contributed by atoms with Gasteiger partial charge in [0, 0.05) is 0 Å². The Morgan fingerprint density at radius 1 is 1.10 bits per heavy atom. The van der Waals surface area contributed by atoms with E-state index in [1.165, 1.54) is 12.1 Å². The number of amides is 1. The van der Waals surface area contributed by atoms with Gasteiger partial charge in [0.25, 0.3) is 0 Å². The van der Waals surface area contributed by atoms with Crippen molar-refractivity contribution in [1.82, 2.24) is 10.6 Å². The molecule has 0 spiro atoms. The molecule has 2 aromatic rings. The first-order valence-electron chi connectivity index (χ1n) is 10.4. The molecule has 0 aromatic heterocycles. The van der Waals surface area contributed by atoms with E-state index in [0.717, 1.165) is 16.7 Å². The van der Waals surface area contributed by atoms with Gasteiger partial charge in [-0.2, -0.15) is 18.4 Å². The summed E-state index contributed by atoms with van der Waals surface area (Å²) in [6.07, 6.45) is -2.76. The summed E-state index contributed by atoms with van der Waals surface area (Å²) in [7, 11) is 0. The Kier molecular flexibility index (Phi) is 6.71. The molecule has 0 saturated heterocycles. The molecule has 1 saturated carbocycles. The fourth-order valence-electron chi connectivity index (χ4n) is 3.49. The van der Waals surface area contributed by atoms with E-state index in [1.54, 1.807) is 19.1 Å². The van der Waals surface area contributed by atoms with Crippen molar-refractivity contribution in [3.05, 3.63) is 59.7 Å². The van der Waals surface area contributed by atoms with Crippen LogP contribution in [0.25, 0.3) is 11.1 Å². The monoisotopic (exact) mass is 429 g/mol. The van der Waals surface area contributed by atoms with E-state index >= 15 is 0 Å². The third-order valence-electron chi connectivity index (χ3n) is 5.54. The molecular formula is C24H26F3N3O. The maximum absolute atomic E-state index is 13.9. The van der Waals surface area contributed by atoms with Gasteiger partial charge in [-0.25, -0.2) is 0 Å². The van der Waals surface area contributed by atoms with Crippen molar-refractivity contribution >= 4 is 5.91 Å². The second-order valence-corrected chi connectivity index (χ2v) is 8.15. The van der Waals surface area contributed by atoms with E-state index in [4.69, 9.17) is 0 Å². The van der Waals surface area contributed by atoms with Crippen LogP contribution in [0.3, 0.4) is 0 Å². The van der Waals surface area contributed by atoms with Gasteiger partial charge in [-0.05, 0) is 42.9 Å². The molecule has 4 nitrogen and oxygen atoms in total. The summed E-state index contributed by atoms with van der Waals surface area (Å²) in [5.74, 6) is -0.563. The van der Waals surface area contributed by atoms with Crippen LogP contribution >= 0.6 is 0 Å². The van der Waals surface area contributed by atoms with Crippen LogP contribution in [0.4, 0.5) is 13.2 Å². The second-order valence-electron chi connectivity index (χ2n) is 8.15. The number of rotatable bonds is 8. The van der Waals surface area contributed by atoms with Crippen LogP contribution in [-0.4, -0.2) is 23.7 Å². The smallest absolute Gasteiger partial charge is 0.336 e. The number of halogens is 3. The summed E-state index contributed by atoms with van der Waals surface area (Å²) in [5, 5.41) is 14.3. The lowest BCUT2D eigenvalue weighted by Crippen LogP contribution is -2.51. The van der Waals surface area contributed by atoms with Crippen molar-refractivity contribution in [3.8, 4) is 17.2 Å². The van der Waals surface area contributed by atoms with Gasteiger partial charge >= 0.3 is 6.18 Å². The first kappa shape index (κ1) is 22.8. The van der Waals surface area contributed by atoms with Gasteiger partial charge in [-0.15, -0.1) is 0 Å². The number of nitrogens with zero attached hydrogens (tertiary/aromatic N) is 1. The van der Waals surface area contributed by atoms with E-state index in [0.29, 0.717) is 19.3 Å². The predicted octanol–water partition coefficient (Wildman–Crippen LogP) is 5.20. The van der Waals surface area contributed by atoms with Crippen molar-refractivity contribution in [2.75, 3.05) is 0 Å². The Morgan fingerprint density at radius 2 is 1.65 bits per heavy atom. The number of nitrogens with one attached hydrogen (secondary N) is 2. The van der Waals surface area contributed by atoms with Gasteiger partial charge in [0.1, 0.15) is 11.6 Å². The van der Waals surface area contributed by atoms with Crippen molar-refractivity contribution < 1.29 is 18.0 Å². The van der Waals surface area contributed by atoms with Crippen LogP contribution in [0.5, 0.6) is 0 Å². The molecule has 0 bridgehead atoms. The van der Waals surface area contributed by atoms with Gasteiger partial charge in [0.15, 0.2) is 0 Å². The molecule has 0 unspecified atom stereocenters. The molecule has 7 heteroatoms. The Balaban J connectivity index is 1.81. The van der Waals surface area contributed by atoms with Crippen molar-refractivity contribution in [1.29, 1.82) is 5.26 Å². The summed E-state index contributed by atoms with van der Waals surface area (Å²) >= 11 is 0. The summed E-state index contributed by atoms with van der Waals surface area (Å²) in [4.78, 5) is 12.6. The standard InChI is InChI=1S/C24H26F3N3O/c1-3-4-20(22(31)30-23(15-28)13-14-23)29-21(24(25,26)27)19-11-9-18(10-12-19)17-7-5-16(2)6-8-17/h5-12,20-21,29H,3-4,13-14H2,1-2H3,(H,30,31)/t20-,21-/m0/s1. The highest BCUT2D eigenvalue weighted by molar-refractivity contribution is 5.83. The number of aryl methyl sites for hydroxylation is 1. The molecule has 164 valence electrons. The maximum Gasteiger partial charge on any atom is 0.407 e. The molecule has 2 atom stereocenters. The molecular weight excluding hydrogens is 403 g/mol. The fourth-order valence-corrected chi connectivity index (χ4v) is 3.49. The number of hydrogen-bond donors (Lipinski definition) is 2. The highest BCUT2D eigenvalue weighted by Gasteiger charge is 2.47. The highest BCUT2D eigenvalue weighted by atomic mass is 19.4. The lowest BCUT2D eigenvalue weighted by Gasteiger charge is -2.28. The van der Waals surface area contributed by atoms with Crippen LogP contribution < -0.4 is 10.6 Å². The average Bonchev–Trinajstić information content (AvgIpc) is 3.51. The lowest BCUT2D eigenvalue weighted by atomic mass is 9.98. The number of benzene rings is 2. The minimum Gasteiger partial charge on any atom is -0.336 e. The number of carbonyl (C=O) groups excluding carboxylic acids is 1. The third kappa shape index (κ3) is 5.65. The van der Waals surface area contributed by atoms with Gasteiger partial charge in [0.2, 0.25) is 5.91 Å². The maximum atomic E-state index is 13.9. The Hall–Kier alpha value is -2.85. The van der Waals surface area contributed by atoms with Crippen LogP contribution in [0, 0.1) is 18.3 Å². The lowest BCUT2D eigenvalue weighted by molar-refractivity contribution is -0.161. The first-order valence-corrected chi connectivity index (χ1v) is 10.4. The van der Waals surface area contributed by atoms with Gasteiger partial charge in [-0.3, -0.25) is 10.1 Å². The van der Waals surface area contributed by atoms with E-state index in [-0.39, 0.29) is 12.0 Å². The summed E-state index contributed by atoms with van der Waals surface area (Å²) in [5.41, 5.74) is 1.96. The van der Waals surface area contributed by atoms with Crippen LogP contribution in [-0.2, 0) is 4.79 Å². The number of hydrogen-bond acceptors (Lipinski definition) is 3. The molecule has 1 aliphatic rings. The Labute approximate surface area is 180 Å². The molecule has 0 aliphatic heterocycles. The SMILES string of the molecule is CCC[C@H](N[C@@H](c1ccc(-c2ccc(C)cc2)cc1)C(F)(F)F)C(=O)NC1(C#N)CC1. The molecule has 2 aromatic carbocycles. The largest absolute Gasteiger partial charge is 0.407 e. The zero-order valence-corrected chi connectivity index (χ0v) is 17.6. The topological polar surface area (TPSA) is 64.9 Å². The van der Waals surface area contributed by atoms with Crippen molar-refractivity contribution in [3.63, 3.8) is 0 Å². The third-order valence-corrected chi connectivity index (χ3v) is 5.54. The molecule has 3 rings (SSSR count). The molecule has 0 radical (unpaired) electrons. The second kappa shape index (κ2) is 9.11. The molecule has 1 fully saturated rings. The summed E-state index contributed by atoms with van der Waals surface area (Å²) < 4.78 is 41.7. The average molecular weight is 429 g/mol. The summed E-state index contributed by atoms with van der Waals surface area (Å²) in [6, 6.07) is 13.0. The Bertz CT molecular complexity index is 942. The molecule has 0 heterocycles. The van der Waals surface area contributed by atoms with Gasteiger partial charge in [0.05, 0.1) is 12.1 Å². The summed E-state index contributed by atoms with van der Waals surface area (Å²) in [6.45, 7) is 3.77. The van der Waals surface area contributed by atoms with Gasteiger partial charge < -0.3 is 5.32 Å². The first-order chi connectivity index (χ1) is 14.7. The number of carbonyl (C=O) groups is 1. The zero-order chi connectivity index (χ0) is 22.6. The number of alkyl halides is 3. The molecule has 2 N–H and O–H groups in total. The van der Waals surface area contributed by atoms with E-state index in [2.05, 4.69) is 10.6 Å². The normalized spacial score (nSPS) is 16.8. The van der Waals surface area contributed by atoms with Crippen LogP contribution in [0.15, 0.2) is 48.5 Å². The predicted molar refractivity (Wildman–Crippen MR) is 113 cm³/mol. The molecule has 31 heavy (non-hydrogen) atoms. The van der Waals surface area contributed by atoms with Crippen molar-refractivity contribution in [2.45, 2.75) is 63.3 Å². The van der Waals surface area contributed by atoms with Crippen molar-refractivity contribution in [2.24, 2.45) is 0 Å². The molecule has 1 amide bonds.